The van der Waals surface area contributed by atoms with Gasteiger partial charge in [-0.1, -0.05) is 25.1 Å². The fourth-order valence-corrected chi connectivity index (χ4v) is 3.25. The van der Waals surface area contributed by atoms with E-state index in [0.717, 1.165) is 32.6 Å². The van der Waals surface area contributed by atoms with E-state index >= 15 is 0 Å². The monoisotopic (exact) mass is 317 g/mol. The average molecular weight is 317 g/mol. The molecule has 0 radical (unpaired) electrons. The summed E-state index contributed by atoms with van der Waals surface area (Å²) in [6.45, 7) is 6.11. The number of piperidine rings is 1. The second kappa shape index (κ2) is 9.56. The second-order valence-electron chi connectivity index (χ2n) is 6.75. The summed E-state index contributed by atoms with van der Waals surface area (Å²) < 4.78 is 0. The highest BCUT2D eigenvalue weighted by atomic mass is 16.1. The van der Waals surface area contributed by atoms with Crippen LogP contribution in [0, 0.1) is 11.8 Å². The van der Waals surface area contributed by atoms with Gasteiger partial charge in [0.25, 0.3) is 0 Å². The van der Waals surface area contributed by atoms with E-state index in [0.29, 0.717) is 18.3 Å². The van der Waals surface area contributed by atoms with Gasteiger partial charge in [0.1, 0.15) is 0 Å². The van der Waals surface area contributed by atoms with Crippen molar-refractivity contribution in [1.82, 2.24) is 10.6 Å². The molecule has 4 heteroatoms. The molecule has 0 bridgehead atoms. The van der Waals surface area contributed by atoms with Crippen molar-refractivity contribution in [3.63, 3.8) is 0 Å². The summed E-state index contributed by atoms with van der Waals surface area (Å²) in [5.41, 5.74) is 1.22. The standard InChI is InChI=1S/C19H31N3O/c1-16(17-8-6-11-20-15-17)14-19(23)21-12-7-13-22(2)18-9-4-3-5-10-18/h3-5,9-10,16-17,20H,6-8,11-15H2,1-2H3,(H,21,23). The molecule has 0 aromatic heterocycles. The molecule has 23 heavy (non-hydrogen) atoms. The topological polar surface area (TPSA) is 44.4 Å². The molecule has 1 aliphatic heterocycles. The number of benzene rings is 1. The molecule has 1 aromatic carbocycles. The Morgan fingerprint density at radius 2 is 2.17 bits per heavy atom. The van der Waals surface area contributed by atoms with Crippen LogP contribution >= 0.6 is 0 Å². The van der Waals surface area contributed by atoms with Gasteiger partial charge < -0.3 is 15.5 Å². The van der Waals surface area contributed by atoms with Crippen LogP contribution in [-0.4, -0.2) is 39.1 Å². The van der Waals surface area contributed by atoms with Gasteiger partial charge in [-0.05, 0) is 56.3 Å². The molecule has 1 amide bonds. The molecule has 2 unspecified atom stereocenters. The summed E-state index contributed by atoms with van der Waals surface area (Å²) in [7, 11) is 2.09. The summed E-state index contributed by atoms with van der Waals surface area (Å²) in [6.07, 6.45) is 4.11. The number of amides is 1. The second-order valence-corrected chi connectivity index (χ2v) is 6.75. The fraction of sp³-hybridized carbons (Fsp3) is 0.632. The van der Waals surface area contributed by atoms with Gasteiger partial charge in [0.15, 0.2) is 0 Å². The van der Waals surface area contributed by atoms with E-state index in [1.165, 1.54) is 18.5 Å². The lowest BCUT2D eigenvalue weighted by Crippen LogP contribution is -2.36. The number of carbonyl (C=O) groups excluding carboxylic acids is 1. The maximum Gasteiger partial charge on any atom is 0.220 e. The third-order valence-electron chi connectivity index (χ3n) is 4.84. The highest BCUT2D eigenvalue weighted by Crippen LogP contribution is 2.22. The molecular weight excluding hydrogens is 286 g/mol. The number of carbonyl (C=O) groups is 1. The average Bonchev–Trinajstić information content (AvgIpc) is 2.60. The summed E-state index contributed by atoms with van der Waals surface area (Å²) >= 11 is 0. The van der Waals surface area contributed by atoms with Gasteiger partial charge in [-0.3, -0.25) is 4.79 Å². The van der Waals surface area contributed by atoms with Crippen molar-refractivity contribution in [2.75, 3.05) is 38.1 Å². The Morgan fingerprint density at radius 1 is 1.39 bits per heavy atom. The lowest BCUT2D eigenvalue weighted by Gasteiger charge is -2.28. The normalized spacial score (nSPS) is 19.1. The lowest BCUT2D eigenvalue weighted by molar-refractivity contribution is -0.122. The first kappa shape index (κ1) is 17.8. The molecule has 2 rings (SSSR count). The number of nitrogens with zero attached hydrogens (tertiary/aromatic N) is 1. The summed E-state index contributed by atoms with van der Waals surface area (Å²) in [5.74, 6) is 1.32. The molecule has 1 heterocycles. The zero-order valence-electron chi connectivity index (χ0n) is 14.6. The van der Waals surface area contributed by atoms with Gasteiger partial charge in [0.05, 0.1) is 0 Å². The molecule has 1 saturated heterocycles. The summed E-state index contributed by atoms with van der Waals surface area (Å²) in [4.78, 5) is 14.3. The van der Waals surface area contributed by atoms with E-state index < -0.39 is 0 Å². The van der Waals surface area contributed by atoms with Crippen LogP contribution in [0.4, 0.5) is 5.69 Å². The number of nitrogens with one attached hydrogen (secondary N) is 2. The molecule has 2 atom stereocenters. The minimum atomic E-state index is 0.199. The van der Waals surface area contributed by atoms with E-state index in [9.17, 15) is 4.79 Å². The van der Waals surface area contributed by atoms with E-state index in [2.05, 4.69) is 53.8 Å². The Hall–Kier alpha value is -1.55. The van der Waals surface area contributed by atoms with Crippen LogP contribution in [0.3, 0.4) is 0 Å². The van der Waals surface area contributed by atoms with Gasteiger partial charge in [-0.2, -0.15) is 0 Å². The Morgan fingerprint density at radius 3 is 2.87 bits per heavy atom. The van der Waals surface area contributed by atoms with Crippen molar-refractivity contribution < 1.29 is 4.79 Å². The van der Waals surface area contributed by atoms with Crippen LogP contribution in [0.15, 0.2) is 30.3 Å². The first-order valence-electron chi connectivity index (χ1n) is 8.90. The number of anilines is 1. The quantitative estimate of drug-likeness (QED) is 0.725. The first-order chi connectivity index (χ1) is 11.2. The third-order valence-corrected chi connectivity index (χ3v) is 4.84. The van der Waals surface area contributed by atoms with Crippen LogP contribution in [-0.2, 0) is 4.79 Å². The van der Waals surface area contributed by atoms with Crippen molar-refractivity contribution in [1.29, 1.82) is 0 Å². The SMILES string of the molecule is CC(CC(=O)NCCCN(C)c1ccccc1)C1CCCNC1. The van der Waals surface area contributed by atoms with Gasteiger partial charge in [0.2, 0.25) is 5.91 Å². The van der Waals surface area contributed by atoms with Crippen molar-refractivity contribution in [3.8, 4) is 0 Å². The van der Waals surface area contributed by atoms with Crippen LogP contribution in [0.25, 0.3) is 0 Å². The molecule has 4 nitrogen and oxygen atoms in total. The minimum absolute atomic E-state index is 0.199. The lowest BCUT2D eigenvalue weighted by atomic mass is 9.85. The van der Waals surface area contributed by atoms with Gasteiger partial charge >= 0.3 is 0 Å². The molecule has 128 valence electrons. The molecule has 1 fully saturated rings. The van der Waals surface area contributed by atoms with E-state index in [1.54, 1.807) is 0 Å². The van der Waals surface area contributed by atoms with Gasteiger partial charge in [0, 0.05) is 32.2 Å². The molecule has 1 aromatic rings. The Balaban J connectivity index is 1.59. The Kier molecular flexibility index (Phi) is 7.40. The van der Waals surface area contributed by atoms with Crippen molar-refractivity contribution in [2.24, 2.45) is 11.8 Å². The maximum absolute atomic E-state index is 12.1. The van der Waals surface area contributed by atoms with E-state index in [1.807, 2.05) is 6.07 Å². The maximum atomic E-state index is 12.1. The highest BCUT2D eigenvalue weighted by Gasteiger charge is 2.21. The smallest absolute Gasteiger partial charge is 0.220 e. The third kappa shape index (κ3) is 6.22. The van der Waals surface area contributed by atoms with Crippen molar-refractivity contribution in [3.05, 3.63) is 30.3 Å². The predicted molar refractivity (Wildman–Crippen MR) is 96.7 cm³/mol. The first-order valence-corrected chi connectivity index (χ1v) is 8.90. The molecule has 0 saturated carbocycles. The number of para-hydroxylation sites is 1. The fourth-order valence-electron chi connectivity index (χ4n) is 3.25. The Bertz CT molecular complexity index is 457. The van der Waals surface area contributed by atoms with Crippen LogP contribution < -0.4 is 15.5 Å². The van der Waals surface area contributed by atoms with Crippen LogP contribution in [0.1, 0.15) is 32.6 Å². The van der Waals surface area contributed by atoms with E-state index in [4.69, 9.17) is 0 Å². The largest absolute Gasteiger partial charge is 0.375 e. The van der Waals surface area contributed by atoms with Crippen LogP contribution in [0.5, 0.6) is 0 Å². The van der Waals surface area contributed by atoms with Crippen LogP contribution in [0.2, 0.25) is 0 Å². The summed E-state index contributed by atoms with van der Waals surface area (Å²) in [6, 6.07) is 10.3. The zero-order chi connectivity index (χ0) is 16.5. The zero-order valence-corrected chi connectivity index (χ0v) is 14.6. The molecule has 0 spiro atoms. The molecule has 2 N–H and O–H groups in total. The number of hydrogen-bond acceptors (Lipinski definition) is 3. The molecule has 0 aliphatic carbocycles. The highest BCUT2D eigenvalue weighted by molar-refractivity contribution is 5.76. The summed E-state index contributed by atoms with van der Waals surface area (Å²) in [5, 5.41) is 6.51. The number of hydrogen-bond donors (Lipinski definition) is 2. The Labute approximate surface area is 140 Å². The van der Waals surface area contributed by atoms with Gasteiger partial charge in [-0.15, -0.1) is 0 Å². The number of rotatable bonds is 8. The minimum Gasteiger partial charge on any atom is -0.375 e. The van der Waals surface area contributed by atoms with Crippen molar-refractivity contribution >= 4 is 11.6 Å². The molecule has 1 aliphatic rings. The predicted octanol–water partition coefficient (Wildman–Crippen LogP) is 2.65. The molecular formula is C19H31N3O. The van der Waals surface area contributed by atoms with E-state index in [-0.39, 0.29) is 5.91 Å². The van der Waals surface area contributed by atoms with Gasteiger partial charge in [-0.25, -0.2) is 0 Å². The van der Waals surface area contributed by atoms with Crippen molar-refractivity contribution in [2.45, 2.75) is 32.6 Å².